The lowest BCUT2D eigenvalue weighted by Crippen LogP contribution is -2.40. The lowest BCUT2D eigenvalue weighted by atomic mass is 10.1. The van der Waals surface area contributed by atoms with Crippen molar-refractivity contribution < 1.29 is 9.53 Å². The highest BCUT2D eigenvalue weighted by molar-refractivity contribution is 14.1. The van der Waals surface area contributed by atoms with Crippen molar-refractivity contribution in [2.45, 2.75) is 0 Å². The van der Waals surface area contributed by atoms with Gasteiger partial charge in [0.2, 0.25) is 0 Å². The molecule has 2 N–H and O–H groups in total. The molecular weight excluding hydrogens is 247 g/mol. The first-order valence-corrected chi connectivity index (χ1v) is 4.00. The zero-order chi connectivity index (χ0) is 7.56. The lowest BCUT2D eigenvalue weighted by Gasteiger charge is -2.26. The van der Waals surface area contributed by atoms with Gasteiger partial charge < -0.3 is 10.5 Å². The topological polar surface area (TPSA) is 55.6 Å². The number of hydrogen-bond acceptors (Lipinski definition) is 3. The summed E-state index contributed by atoms with van der Waals surface area (Å²) in [5.41, 5.74) is 5.39. The van der Waals surface area contributed by atoms with Crippen LogP contribution in [-0.2, 0) is 4.74 Å². The zero-order valence-electron chi connectivity index (χ0n) is 5.42. The first-order valence-electron chi connectivity index (χ1n) is 3.04. The molecule has 0 aromatic carbocycles. The van der Waals surface area contributed by atoms with Gasteiger partial charge >= 0.3 is 6.09 Å². The van der Waals surface area contributed by atoms with Crippen LogP contribution in [0.25, 0.3) is 0 Å². The van der Waals surface area contributed by atoms with Gasteiger partial charge in [0.1, 0.15) is 0 Å². The van der Waals surface area contributed by atoms with Crippen molar-refractivity contribution in [1.29, 1.82) is 0 Å². The zero-order valence-corrected chi connectivity index (χ0v) is 7.58. The molecule has 5 heteroatoms. The van der Waals surface area contributed by atoms with Crippen LogP contribution < -0.4 is 5.73 Å². The molecule has 4 nitrogen and oxygen atoms in total. The average Bonchev–Trinajstić information content (AvgIpc) is 1.95. The summed E-state index contributed by atoms with van der Waals surface area (Å²) in [6.45, 7) is 1.75. The first-order chi connectivity index (χ1) is 4.74. The number of ether oxygens (including phenoxy) is 1. The van der Waals surface area contributed by atoms with Gasteiger partial charge in [0.05, 0.1) is 29.5 Å². The normalized spacial score (nSPS) is 26.4. The van der Waals surface area contributed by atoms with Crippen LogP contribution in [-0.4, -0.2) is 28.9 Å². The standard InChI is InChI=1S/C5H9IN2O2/c6-8-2-4(1-7)3-10-5(8)9/h4H,1-3,7H2/t4-/m0/s1. The van der Waals surface area contributed by atoms with Crippen molar-refractivity contribution in [2.75, 3.05) is 19.7 Å². The number of halogens is 1. The minimum Gasteiger partial charge on any atom is -0.448 e. The molecule has 1 aliphatic heterocycles. The second kappa shape index (κ2) is 3.38. The third-order valence-corrected chi connectivity index (χ3v) is 2.18. The molecule has 1 aliphatic rings. The van der Waals surface area contributed by atoms with Gasteiger partial charge in [0.15, 0.2) is 0 Å². The molecule has 0 spiro atoms. The van der Waals surface area contributed by atoms with Gasteiger partial charge in [-0.2, -0.15) is 0 Å². The highest BCUT2D eigenvalue weighted by Crippen LogP contribution is 2.13. The minimum absolute atomic E-state index is 0.259. The van der Waals surface area contributed by atoms with E-state index in [4.69, 9.17) is 10.5 Å². The summed E-state index contributed by atoms with van der Waals surface area (Å²) < 4.78 is 6.31. The third-order valence-electron chi connectivity index (χ3n) is 1.39. The van der Waals surface area contributed by atoms with E-state index in [-0.39, 0.29) is 6.09 Å². The van der Waals surface area contributed by atoms with Gasteiger partial charge in [-0.25, -0.2) is 7.91 Å². The van der Waals surface area contributed by atoms with Crippen LogP contribution >= 0.6 is 22.9 Å². The molecule has 10 heavy (non-hydrogen) atoms. The minimum atomic E-state index is -0.259. The van der Waals surface area contributed by atoms with Gasteiger partial charge in [-0.3, -0.25) is 0 Å². The number of cyclic esters (lactones) is 1. The van der Waals surface area contributed by atoms with Crippen LogP contribution in [0.1, 0.15) is 0 Å². The van der Waals surface area contributed by atoms with Crippen molar-refractivity contribution in [3.63, 3.8) is 0 Å². The predicted molar refractivity (Wildman–Crippen MR) is 44.6 cm³/mol. The highest BCUT2D eigenvalue weighted by atomic mass is 127. The highest BCUT2D eigenvalue weighted by Gasteiger charge is 2.23. The molecule has 0 saturated carbocycles. The van der Waals surface area contributed by atoms with E-state index in [0.717, 1.165) is 0 Å². The average molecular weight is 256 g/mol. The van der Waals surface area contributed by atoms with Gasteiger partial charge in [-0.15, -0.1) is 0 Å². The smallest absolute Gasteiger partial charge is 0.418 e. The summed E-state index contributed by atoms with van der Waals surface area (Å²) in [4.78, 5) is 10.7. The maximum absolute atomic E-state index is 10.7. The fourth-order valence-electron chi connectivity index (χ4n) is 0.756. The molecule has 1 atom stereocenters. The van der Waals surface area contributed by atoms with E-state index in [9.17, 15) is 4.79 Å². The molecule has 0 unspecified atom stereocenters. The van der Waals surface area contributed by atoms with Crippen molar-refractivity contribution in [2.24, 2.45) is 11.7 Å². The molecule has 58 valence electrons. The largest absolute Gasteiger partial charge is 0.448 e. The van der Waals surface area contributed by atoms with E-state index in [0.29, 0.717) is 25.6 Å². The summed E-state index contributed by atoms with van der Waals surface area (Å²) in [6.07, 6.45) is -0.259. The van der Waals surface area contributed by atoms with E-state index in [1.54, 1.807) is 0 Å². The maximum Gasteiger partial charge on any atom is 0.418 e. The van der Waals surface area contributed by atoms with Crippen molar-refractivity contribution >= 4 is 29.0 Å². The fourth-order valence-corrected chi connectivity index (χ4v) is 1.45. The summed E-state index contributed by atoms with van der Waals surface area (Å²) >= 11 is 1.92. The fraction of sp³-hybridized carbons (Fsp3) is 0.800. The molecule has 1 heterocycles. The molecule has 1 rings (SSSR count). The Balaban J connectivity index is 2.40. The number of hydrogen-bond donors (Lipinski definition) is 1. The predicted octanol–water partition coefficient (Wildman–Crippen LogP) is 0.364. The van der Waals surface area contributed by atoms with Gasteiger partial charge in [0, 0.05) is 19.0 Å². The Morgan fingerprint density at radius 1 is 1.90 bits per heavy atom. The number of nitrogens with two attached hydrogens (primary N) is 1. The summed E-state index contributed by atoms with van der Waals surface area (Å²) in [6, 6.07) is 0. The Morgan fingerprint density at radius 3 is 3.10 bits per heavy atom. The number of carbonyl (C=O) groups excluding carboxylic acids is 1. The van der Waals surface area contributed by atoms with Crippen LogP contribution in [0.2, 0.25) is 0 Å². The molecule has 0 aliphatic carbocycles. The Bertz CT molecular complexity index is 142. The van der Waals surface area contributed by atoms with E-state index in [1.807, 2.05) is 22.9 Å². The summed E-state index contributed by atoms with van der Waals surface area (Å²) in [7, 11) is 0. The van der Waals surface area contributed by atoms with E-state index in [2.05, 4.69) is 0 Å². The summed E-state index contributed by atoms with van der Waals surface area (Å²) in [5, 5.41) is 0. The van der Waals surface area contributed by atoms with Crippen molar-refractivity contribution in [3.8, 4) is 0 Å². The van der Waals surface area contributed by atoms with Crippen LogP contribution in [0.4, 0.5) is 4.79 Å². The van der Waals surface area contributed by atoms with Crippen LogP contribution in [0.5, 0.6) is 0 Å². The third kappa shape index (κ3) is 1.72. The molecule has 0 aromatic rings. The molecular formula is C5H9IN2O2. The maximum atomic E-state index is 10.7. The quantitative estimate of drug-likeness (QED) is 0.544. The second-order valence-electron chi connectivity index (χ2n) is 2.22. The summed E-state index contributed by atoms with van der Waals surface area (Å²) in [5.74, 6) is 0.301. The van der Waals surface area contributed by atoms with Crippen LogP contribution in [0, 0.1) is 5.92 Å². The molecule has 1 fully saturated rings. The lowest BCUT2D eigenvalue weighted by molar-refractivity contribution is 0.0829. The van der Waals surface area contributed by atoms with Crippen molar-refractivity contribution in [1.82, 2.24) is 3.11 Å². The molecule has 0 radical (unpaired) electrons. The first kappa shape index (κ1) is 8.06. The van der Waals surface area contributed by atoms with Gasteiger partial charge in [-0.1, -0.05) is 0 Å². The number of carbonyl (C=O) groups is 1. The van der Waals surface area contributed by atoms with E-state index < -0.39 is 0 Å². The second-order valence-corrected chi connectivity index (χ2v) is 3.39. The monoisotopic (exact) mass is 256 g/mol. The number of rotatable bonds is 1. The van der Waals surface area contributed by atoms with Gasteiger partial charge in [-0.05, 0) is 0 Å². The Hall–Kier alpha value is -0.0400. The molecule has 1 saturated heterocycles. The van der Waals surface area contributed by atoms with Crippen molar-refractivity contribution in [3.05, 3.63) is 0 Å². The molecule has 0 bridgehead atoms. The number of amides is 1. The van der Waals surface area contributed by atoms with Crippen LogP contribution in [0.15, 0.2) is 0 Å². The van der Waals surface area contributed by atoms with Crippen LogP contribution in [0.3, 0.4) is 0 Å². The van der Waals surface area contributed by atoms with Gasteiger partial charge in [0.25, 0.3) is 0 Å². The molecule has 1 amide bonds. The van der Waals surface area contributed by atoms with E-state index in [1.165, 1.54) is 3.11 Å². The SMILES string of the molecule is NC[C@@H]1COC(=O)N(I)C1. The number of nitrogens with zero attached hydrogens (tertiary/aromatic N) is 1. The Morgan fingerprint density at radius 2 is 2.60 bits per heavy atom. The van der Waals surface area contributed by atoms with E-state index >= 15 is 0 Å². The molecule has 0 aromatic heterocycles. The Kier molecular flexibility index (Phi) is 2.72. The Labute approximate surface area is 73.2 Å².